The van der Waals surface area contributed by atoms with E-state index in [9.17, 15) is 4.79 Å². The van der Waals surface area contributed by atoms with E-state index in [0.29, 0.717) is 0 Å². The first-order valence-corrected chi connectivity index (χ1v) is 6.31. The maximum atomic E-state index is 12.2. The van der Waals surface area contributed by atoms with Crippen LogP contribution in [0, 0.1) is 13.8 Å². The molecule has 0 aliphatic heterocycles. The predicted molar refractivity (Wildman–Crippen MR) is 75.9 cm³/mol. The Morgan fingerprint density at radius 2 is 1.79 bits per heavy atom. The molecule has 0 spiro atoms. The number of aromatic nitrogens is 2. The number of carbonyl (C=O) groups is 1. The number of rotatable bonds is 2. The summed E-state index contributed by atoms with van der Waals surface area (Å²) in [7, 11) is 0. The molecule has 2 aromatic rings. The van der Waals surface area contributed by atoms with Crippen LogP contribution in [0.25, 0.3) is 0 Å². The molecule has 6 heteroatoms. The van der Waals surface area contributed by atoms with Crippen LogP contribution in [0.15, 0.2) is 24.3 Å². The highest BCUT2D eigenvalue weighted by molar-refractivity contribution is 6.34. The van der Waals surface area contributed by atoms with Gasteiger partial charge in [-0.1, -0.05) is 41.4 Å². The summed E-state index contributed by atoms with van der Waals surface area (Å²) in [5.41, 5.74) is 2.90. The van der Waals surface area contributed by atoms with E-state index < -0.39 is 0 Å². The first kappa shape index (κ1) is 13.8. The Morgan fingerprint density at radius 3 is 2.42 bits per heavy atom. The second-order valence-electron chi connectivity index (χ2n) is 4.09. The maximum absolute atomic E-state index is 12.2. The molecule has 2 rings (SSSR count). The van der Waals surface area contributed by atoms with Crippen LogP contribution in [-0.2, 0) is 0 Å². The lowest BCUT2D eigenvalue weighted by molar-refractivity contribution is 0.102. The Bertz CT molecular complexity index is 624. The lowest BCUT2D eigenvalue weighted by atomic mass is 10.1. The number of halogens is 2. The molecule has 0 saturated carbocycles. The van der Waals surface area contributed by atoms with E-state index in [1.807, 2.05) is 32.0 Å². The molecule has 0 aliphatic carbocycles. The summed E-state index contributed by atoms with van der Waals surface area (Å²) in [5, 5.41) is 10.1. The van der Waals surface area contributed by atoms with Crippen LogP contribution in [0.4, 0.5) is 5.69 Å². The van der Waals surface area contributed by atoms with E-state index in [1.165, 1.54) is 6.07 Å². The summed E-state index contributed by atoms with van der Waals surface area (Å²) in [6.07, 6.45) is 0. The van der Waals surface area contributed by atoms with Crippen LogP contribution in [0.2, 0.25) is 10.3 Å². The lowest BCUT2D eigenvalue weighted by Crippen LogP contribution is -2.15. The van der Waals surface area contributed by atoms with E-state index in [2.05, 4.69) is 15.5 Å². The van der Waals surface area contributed by atoms with E-state index in [4.69, 9.17) is 23.2 Å². The number of carbonyl (C=O) groups excluding carboxylic acids is 1. The Morgan fingerprint density at radius 1 is 1.16 bits per heavy atom. The highest BCUT2D eigenvalue weighted by Crippen LogP contribution is 2.22. The smallest absolute Gasteiger partial charge is 0.258 e. The molecule has 1 aromatic heterocycles. The number of aryl methyl sites for hydroxylation is 2. The van der Waals surface area contributed by atoms with Crippen LogP contribution in [-0.4, -0.2) is 16.1 Å². The van der Waals surface area contributed by atoms with Crippen LogP contribution < -0.4 is 5.32 Å². The molecule has 0 saturated heterocycles. The van der Waals surface area contributed by atoms with Gasteiger partial charge in [0.25, 0.3) is 5.91 Å². The largest absolute Gasteiger partial charge is 0.321 e. The number of anilines is 1. The van der Waals surface area contributed by atoms with Crippen molar-refractivity contribution >= 4 is 34.8 Å². The van der Waals surface area contributed by atoms with Crippen molar-refractivity contribution in [2.45, 2.75) is 13.8 Å². The fourth-order valence-electron chi connectivity index (χ4n) is 1.70. The van der Waals surface area contributed by atoms with Crippen molar-refractivity contribution in [3.63, 3.8) is 0 Å². The van der Waals surface area contributed by atoms with E-state index >= 15 is 0 Å². The fourth-order valence-corrected chi connectivity index (χ4v) is 2.03. The second kappa shape index (κ2) is 5.55. The molecular formula is C13H11Cl2N3O. The Kier molecular flexibility index (Phi) is 4.02. The zero-order chi connectivity index (χ0) is 14.0. The van der Waals surface area contributed by atoms with Gasteiger partial charge in [0, 0.05) is 5.69 Å². The van der Waals surface area contributed by atoms with Gasteiger partial charge in [0.15, 0.2) is 10.3 Å². The number of nitrogens with zero attached hydrogens (tertiary/aromatic N) is 2. The summed E-state index contributed by atoms with van der Waals surface area (Å²) in [5.74, 6) is -0.362. The van der Waals surface area contributed by atoms with Crippen molar-refractivity contribution in [2.24, 2.45) is 0 Å². The van der Waals surface area contributed by atoms with Crippen molar-refractivity contribution in [3.8, 4) is 0 Å². The summed E-state index contributed by atoms with van der Waals surface area (Å²) >= 11 is 11.6. The van der Waals surface area contributed by atoms with Crippen molar-refractivity contribution in [1.29, 1.82) is 0 Å². The predicted octanol–water partition coefficient (Wildman–Crippen LogP) is 3.65. The van der Waals surface area contributed by atoms with Crippen LogP contribution in [0.1, 0.15) is 21.5 Å². The molecule has 0 aliphatic rings. The number of amides is 1. The molecule has 4 nitrogen and oxygen atoms in total. The molecule has 1 aromatic carbocycles. The SMILES string of the molecule is Cc1cccc(C)c1NC(=O)c1cc(Cl)nnc1Cl. The molecule has 0 atom stereocenters. The minimum atomic E-state index is -0.362. The molecule has 0 unspecified atom stereocenters. The van der Waals surface area contributed by atoms with Gasteiger partial charge < -0.3 is 5.32 Å². The Hall–Kier alpha value is -1.65. The Labute approximate surface area is 120 Å². The number of hydrogen-bond acceptors (Lipinski definition) is 3. The van der Waals surface area contributed by atoms with Crippen LogP contribution in [0.5, 0.6) is 0 Å². The average molecular weight is 296 g/mol. The average Bonchev–Trinajstić information content (AvgIpc) is 2.37. The first-order valence-electron chi connectivity index (χ1n) is 5.55. The number of para-hydroxylation sites is 1. The topological polar surface area (TPSA) is 54.9 Å². The molecule has 98 valence electrons. The fraction of sp³-hybridized carbons (Fsp3) is 0.154. The van der Waals surface area contributed by atoms with E-state index in [-0.39, 0.29) is 21.8 Å². The standard InChI is InChI=1S/C13H11Cl2N3O/c1-7-4-3-5-8(2)11(7)16-13(19)9-6-10(14)17-18-12(9)15/h3-6H,1-2H3,(H,16,19). The zero-order valence-electron chi connectivity index (χ0n) is 10.4. The van der Waals surface area contributed by atoms with Crippen molar-refractivity contribution in [1.82, 2.24) is 10.2 Å². The molecule has 0 fully saturated rings. The summed E-state index contributed by atoms with van der Waals surface area (Å²) in [4.78, 5) is 12.2. The van der Waals surface area contributed by atoms with Gasteiger partial charge in [-0.05, 0) is 31.0 Å². The molecule has 0 radical (unpaired) electrons. The first-order chi connectivity index (χ1) is 8.99. The number of benzene rings is 1. The second-order valence-corrected chi connectivity index (χ2v) is 4.84. The molecule has 1 heterocycles. The minimum absolute atomic E-state index is 0.0214. The Balaban J connectivity index is 2.34. The summed E-state index contributed by atoms with van der Waals surface area (Å²) < 4.78 is 0. The van der Waals surface area contributed by atoms with Gasteiger partial charge in [0.2, 0.25) is 0 Å². The van der Waals surface area contributed by atoms with Gasteiger partial charge in [-0.15, -0.1) is 10.2 Å². The molecule has 1 N–H and O–H groups in total. The third-order valence-electron chi connectivity index (χ3n) is 2.68. The van der Waals surface area contributed by atoms with Crippen molar-refractivity contribution in [2.75, 3.05) is 5.32 Å². The molecular weight excluding hydrogens is 285 g/mol. The zero-order valence-corrected chi connectivity index (χ0v) is 11.9. The quantitative estimate of drug-likeness (QED) is 0.920. The molecule has 19 heavy (non-hydrogen) atoms. The number of nitrogens with one attached hydrogen (secondary N) is 1. The third kappa shape index (κ3) is 3.03. The van der Waals surface area contributed by atoms with Gasteiger partial charge in [-0.2, -0.15) is 0 Å². The van der Waals surface area contributed by atoms with Gasteiger partial charge in [0.1, 0.15) is 0 Å². The lowest BCUT2D eigenvalue weighted by Gasteiger charge is -2.11. The molecule has 1 amide bonds. The van der Waals surface area contributed by atoms with Gasteiger partial charge >= 0.3 is 0 Å². The van der Waals surface area contributed by atoms with Crippen molar-refractivity contribution in [3.05, 3.63) is 51.3 Å². The normalized spacial score (nSPS) is 10.3. The van der Waals surface area contributed by atoms with E-state index in [0.717, 1.165) is 16.8 Å². The van der Waals surface area contributed by atoms with Gasteiger partial charge in [-0.25, -0.2) is 0 Å². The van der Waals surface area contributed by atoms with Crippen LogP contribution in [0.3, 0.4) is 0 Å². The summed E-state index contributed by atoms with van der Waals surface area (Å²) in [6.45, 7) is 3.84. The summed E-state index contributed by atoms with van der Waals surface area (Å²) in [6, 6.07) is 7.15. The van der Waals surface area contributed by atoms with Crippen molar-refractivity contribution < 1.29 is 4.79 Å². The third-order valence-corrected chi connectivity index (χ3v) is 3.15. The van der Waals surface area contributed by atoms with Gasteiger partial charge in [-0.3, -0.25) is 4.79 Å². The number of hydrogen-bond donors (Lipinski definition) is 1. The highest BCUT2D eigenvalue weighted by Gasteiger charge is 2.15. The maximum Gasteiger partial charge on any atom is 0.258 e. The van der Waals surface area contributed by atoms with E-state index in [1.54, 1.807) is 0 Å². The highest BCUT2D eigenvalue weighted by atomic mass is 35.5. The van der Waals surface area contributed by atoms with Gasteiger partial charge in [0.05, 0.1) is 5.56 Å². The monoisotopic (exact) mass is 295 g/mol. The van der Waals surface area contributed by atoms with Crippen LogP contribution >= 0.6 is 23.2 Å². The minimum Gasteiger partial charge on any atom is -0.321 e. The molecule has 0 bridgehead atoms.